The molecule has 0 aliphatic heterocycles. The molecule has 4 aromatic rings. The monoisotopic (exact) mass is 509 g/mol. The van der Waals surface area contributed by atoms with E-state index in [2.05, 4.69) is 16.4 Å². The minimum atomic E-state index is -0.177. The minimum Gasteiger partial charge on any atom is -0.360 e. The number of carbonyl (C=O) groups is 1. The molecule has 0 spiro atoms. The van der Waals surface area contributed by atoms with Crippen molar-refractivity contribution in [1.29, 1.82) is 5.26 Å². The van der Waals surface area contributed by atoms with E-state index in [0.717, 1.165) is 5.56 Å². The fourth-order valence-electron chi connectivity index (χ4n) is 3.05. The number of thiazole rings is 1. The number of carbonyl (C=O) groups excluding carboxylic acids is 1. The third-order valence-corrected chi connectivity index (χ3v) is 6.55. The van der Waals surface area contributed by atoms with Gasteiger partial charge in [-0.15, -0.1) is 11.3 Å². The largest absolute Gasteiger partial charge is 0.360 e. The van der Waals surface area contributed by atoms with Crippen molar-refractivity contribution >= 4 is 63.2 Å². The van der Waals surface area contributed by atoms with Crippen molar-refractivity contribution in [2.75, 3.05) is 5.32 Å². The number of nitrogens with one attached hydrogen (secondary N) is 1. The van der Waals surface area contributed by atoms with Crippen molar-refractivity contribution in [3.8, 4) is 17.3 Å². The van der Waals surface area contributed by atoms with E-state index in [0.29, 0.717) is 48.2 Å². The van der Waals surface area contributed by atoms with Gasteiger partial charge in [-0.25, -0.2) is 4.98 Å². The first-order valence-electron chi connectivity index (χ1n) is 9.63. The lowest BCUT2D eigenvalue weighted by molar-refractivity contribution is 0.103. The molecule has 0 fully saturated rings. The summed E-state index contributed by atoms with van der Waals surface area (Å²) in [5.41, 5.74) is 3.27. The summed E-state index contributed by atoms with van der Waals surface area (Å²) in [6.07, 6.45) is 1.53. The van der Waals surface area contributed by atoms with Crippen LogP contribution < -0.4 is 5.32 Å². The van der Waals surface area contributed by atoms with Crippen LogP contribution >= 0.6 is 46.1 Å². The number of allylic oxidation sites excluding steroid dienone is 1. The Morgan fingerprint density at radius 3 is 2.52 bits per heavy atom. The molecule has 33 heavy (non-hydrogen) atoms. The number of nitrogens with zero attached hydrogens (tertiary/aromatic N) is 2. The van der Waals surface area contributed by atoms with Crippen LogP contribution in [-0.4, -0.2) is 10.8 Å². The maximum atomic E-state index is 13.0. The van der Waals surface area contributed by atoms with Crippen LogP contribution in [0.1, 0.15) is 20.9 Å². The summed E-state index contributed by atoms with van der Waals surface area (Å²) >= 11 is 19.6. The molecule has 1 N–H and O–H groups in total. The second-order valence-electron chi connectivity index (χ2n) is 6.87. The van der Waals surface area contributed by atoms with Gasteiger partial charge in [0.2, 0.25) is 0 Å². The van der Waals surface area contributed by atoms with E-state index in [1.807, 2.05) is 17.5 Å². The number of ketones is 1. The Morgan fingerprint density at radius 2 is 1.79 bits per heavy atom. The third kappa shape index (κ3) is 5.27. The van der Waals surface area contributed by atoms with Crippen LogP contribution in [0.5, 0.6) is 0 Å². The van der Waals surface area contributed by atoms with E-state index in [4.69, 9.17) is 34.8 Å². The van der Waals surface area contributed by atoms with Gasteiger partial charge in [0.15, 0.2) is 5.78 Å². The highest BCUT2D eigenvalue weighted by Gasteiger charge is 2.15. The summed E-state index contributed by atoms with van der Waals surface area (Å²) in [6, 6.07) is 21.3. The van der Waals surface area contributed by atoms with Gasteiger partial charge in [-0.2, -0.15) is 5.26 Å². The zero-order chi connectivity index (χ0) is 23.4. The number of hydrogen-bond donors (Lipinski definition) is 1. The van der Waals surface area contributed by atoms with Gasteiger partial charge in [0, 0.05) is 39.0 Å². The normalized spacial score (nSPS) is 11.2. The molecule has 3 aromatic carbocycles. The fourth-order valence-corrected chi connectivity index (χ4v) is 4.32. The molecule has 0 bridgehead atoms. The number of benzene rings is 3. The first-order valence-corrected chi connectivity index (χ1v) is 11.6. The Bertz CT molecular complexity index is 1410. The second kappa shape index (κ2) is 10.2. The van der Waals surface area contributed by atoms with Crippen LogP contribution in [0, 0.1) is 11.3 Å². The number of anilines is 1. The maximum Gasteiger partial charge on any atom is 0.195 e. The van der Waals surface area contributed by atoms with Crippen LogP contribution in [0.2, 0.25) is 15.1 Å². The van der Waals surface area contributed by atoms with Gasteiger partial charge in [-0.3, -0.25) is 4.79 Å². The number of halogens is 3. The van der Waals surface area contributed by atoms with E-state index in [1.54, 1.807) is 54.6 Å². The highest BCUT2D eigenvalue weighted by molar-refractivity contribution is 7.11. The molecule has 1 heterocycles. The average Bonchev–Trinajstić information content (AvgIpc) is 3.32. The van der Waals surface area contributed by atoms with Crippen molar-refractivity contribution in [1.82, 2.24) is 4.98 Å². The van der Waals surface area contributed by atoms with Gasteiger partial charge in [0.05, 0.1) is 15.7 Å². The molecule has 4 nitrogen and oxygen atoms in total. The first kappa shape index (κ1) is 23.0. The van der Waals surface area contributed by atoms with Gasteiger partial charge >= 0.3 is 0 Å². The lowest BCUT2D eigenvalue weighted by Crippen LogP contribution is -2.05. The van der Waals surface area contributed by atoms with Crippen LogP contribution in [0.3, 0.4) is 0 Å². The molecule has 162 valence electrons. The fraction of sp³-hybridized carbons (Fsp3) is 0. The van der Waals surface area contributed by atoms with E-state index in [1.165, 1.54) is 17.5 Å². The predicted molar refractivity (Wildman–Crippen MR) is 136 cm³/mol. The second-order valence-corrected chi connectivity index (χ2v) is 8.97. The van der Waals surface area contributed by atoms with Gasteiger partial charge in [0.25, 0.3) is 0 Å². The summed E-state index contributed by atoms with van der Waals surface area (Å²) in [6.45, 7) is 0. The van der Waals surface area contributed by atoms with Crippen LogP contribution in [0.25, 0.3) is 16.8 Å². The molecule has 4 rings (SSSR count). The molecular weight excluding hydrogens is 497 g/mol. The highest BCUT2D eigenvalue weighted by atomic mass is 35.5. The topological polar surface area (TPSA) is 65.8 Å². The van der Waals surface area contributed by atoms with Crippen LogP contribution in [0.15, 0.2) is 78.3 Å². The summed E-state index contributed by atoms with van der Waals surface area (Å²) in [5, 5.41) is 16.5. The van der Waals surface area contributed by atoms with Crippen molar-refractivity contribution < 1.29 is 4.79 Å². The van der Waals surface area contributed by atoms with Gasteiger partial charge in [0.1, 0.15) is 16.6 Å². The first-order chi connectivity index (χ1) is 16.0. The number of rotatable bonds is 6. The molecule has 0 saturated carbocycles. The van der Waals surface area contributed by atoms with Crippen LogP contribution in [-0.2, 0) is 0 Å². The minimum absolute atomic E-state index is 0.177. The lowest BCUT2D eigenvalue weighted by atomic mass is 10.0. The van der Waals surface area contributed by atoms with Crippen molar-refractivity contribution in [2.24, 2.45) is 0 Å². The standard InChI is InChI=1S/C25H14Cl3N3OS/c26-18-7-9-22(19(11-18)24(32)15-4-2-1-3-5-15)30-13-17(12-29)25-31-23(14-33-25)16-6-8-20(27)21(28)10-16/h1-11,13-14,30H. The van der Waals surface area contributed by atoms with Crippen LogP contribution in [0.4, 0.5) is 5.69 Å². The SMILES string of the molecule is N#CC(=CNc1ccc(Cl)cc1C(=O)c1ccccc1)c1nc(-c2ccc(Cl)c(Cl)c2)cs1. The number of aromatic nitrogens is 1. The van der Waals surface area contributed by atoms with Gasteiger partial charge in [-0.05, 0) is 30.3 Å². The molecule has 0 amide bonds. The smallest absolute Gasteiger partial charge is 0.195 e. The Hall–Kier alpha value is -3.14. The van der Waals surface area contributed by atoms with Crippen molar-refractivity contribution in [2.45, 2.75) is 0 Å². The third-order valence-electron chi connectivity index (χ3n) is 4.70. The summed E-state index contributed by atoms with van der Waals surface area (Å²) < 4.78 is 0. The van der Waals surface area contributed by atoms with Gasteiger partial charge < -0.3 is 5.32 Å². The van der Waals surface area contributed by atoms with Gasteiger partial charge in [-0.1, -0.05) is 71.2 Å². The van der Waals surface area contributed by atoms with E-state index < -0.39 is 0 Å². The zero-order valence-electron chi connectivity index (χ0n) is 16.9. The molecule has 0 unspecified atom stereocenters. The molecular formula is C25H14Cl3N3OS. The number of hydrogen-bond acceptors (Lipinski definition) is 5. The molecule has 0 saturated heterocycles. The summed E-state index contributed by atoms with van der Waals surface area (Å²) in [4.78, 5) is 17.6. The molecule has 0 aliphatic rings. The number of nitriles is 1. The maximum absolute atomic E-state index is 13.0. The van der Waals surface area contributed by atoms with E-state index in [9.17, 15) is 10.1 Å². The van der Waals surface area contributed by atoms with E-state index >= 15 is 0 Å². The molecule has 0 radical (unpaired) electrons. The molecule has 1 aromatic heterocycles. The summed E-state index contributed by atoms with van der Waals surface area (Å²) in [5.74, 6) is -0.177. The molecule has 0 atom stereocenters. The molecule has 0 aliphatic carbocycles. The Morgan fingerprint density at radius 1 is 1.00 bits per heavy atom. The zero-order valence-corrected chi connectivity index (χ0v) is 19.9. The Labute approximate surface area is 209 Å². The van der Waals surface area contributed by atoms with Crippen molar-refractivity contribution in [3.63, 3.8) is 0 Å². The predicted octanol–water partition coefficient (Wildman–Crippen LogP) is 7.98. The van der Waals surface area contributed by atoms with Crippen molar-refractivity contribution in [3.05, 3.63) is 110 Å². The lowest BCUT2D eigenvalue weighted by Gasteiger charge is -2.10. The highest BCUT2D eigenvalue weighted by Crippen LogP contribution is 2.31. The Kier molecular flexibility index (Phi) is 7.12. The quantitative estimate of drug-likeness (QED) is 0.211. The average molecular weight is 511 g/mol. The molecule has 8 heteroatoms. The Balaban J connectivity index is 1.62. The van der Waals surface area contributed by atoms with E-state index in [-0.39, 0.29) is 5.78 Å². The summed E-state index contributed by atoms with van der Waals surface area (Å²) in [7, 11) is 0.